The Morgan fingerprint density at radius 3 is 2.32 bits per heavy atom. The third kappa shape index (κ3) is 6.67. The lowest BCUT2D eigenvalue weighted by molar-refractivity contribution is -0.137. The van der Waals surface area contributed by atoms with Gasteiger partial charge in [-0.05, 0) is 18.6 Å². The molecule has 0 unspecified atom stereocenters. The smallest absolute Gasteiger partial charge is 0.354 e. The second-order valence-corrected chi connectivity index (χ2v) is 8.75. The van der Waals surface area contributed by atoms with Crippen LogP contribution in [-0.4, -0.2) is 49.6 Å². The van der Waals surface area contributed by atoms with Gasteiger partial charge in [-0.1, -0.05) is 19.8 Å². The van der Waals surface area contributed by atoms with Crippen LogP contribution in [0.1, 0.15) is 44.6 Å². The van der Waals surface area contributed by atoms with Crippen LogP contribution in [0.15, 0.2) is 18.3 Å². The Hall–Kier alpha value is -1.79. The molecule has 0 amide bonds. The van der Waals surface area contributed by atoms with E-state index in [-0.39, 0.29) is 18.8 Å². The SMILES string of the molecule is CCCCCC#CCCS(=O)(=O)N1CCN(c2ccc(C(F)(F)F)cn2)CC1. The van der Waals surface area contributed by atoms with Crippen LogP contribution in [0, 0.1) is 11.8 Å². The summed E-state index contributed by atoms with van der Waals surface area (Å²) < 4.78 is 64.1. The molecule has 1 aromatic rings. The summed E-state index contributed by atoms with van der Waals surface area (Å²) in [6.45, 7) is 3.47. The maximum absolute atomic E-state index is 12.6. The number of hydrogen-bond acceptors (Lipinski definition) is 4. The minimum absolute atomic E-state index is 0.00763. The summed E-state index contributed by atoms with van der Waals surface area (Å²) >= 11 is 0. The zero-order chi connectivity index (χ0) is 20.6. The monoisotopic (exact) mass is 417 g/mol. The van der Waals surface area contributed by atoms with E-state index in [4.69, 9.17) is 0 Å². The van der Waals surface area contributed by atoms with Crippen molar-refractivity contribution in [3.8, 4) is 11.8 Å². The van der Waals surface area contributed by atoms with Crippen LogP contribution < -0.4 is 4.90 Å². The van der Waals surface area contributed by atoms with E-state index in [0.29, 0.717) is 25.3 Å². The van der Waals surface area contributed by atoms with Gasteiger partial charge in [0.25, 0.3) is 0 Å². The van der Waals surface area contributed by atoms with Crippen molar-refractivity contribution in [2.24, 2.45) is 0 Å². The minimum atomic E-state index is -4.42. The van der Waals surface area contributed by atoms with Crippen LogP contribution >= 0.6 is 0 Å². The predicted octanol–water partition coefficient (Wildman–Crippen LogP) is 3.53. The Kier molecular flexibility index (Phi) is 8.13. The summed E-state index contributed by atoms with van der Waals surface area (Å²) in [6, 6.07) is 2.31. The topological polar surface area (TPSA) is 53.5 Å². The zero-order valence-corrected chi connectivity index (χ0v) is 16.8. The van der Waals surface area contributed by atoms with Crippen LogP contribution in [0.4, 0.5) is 19.0 Å². The molecule has 156 valence electrons. The molecule has 0 aliphatic carbocycles. The molecule has 0 spiro atoms. The van der Waals surface area contributed by atoms with E-state index in [0.717, 1.165) is 37.9 Å². The van der Waals surface area contributed by atoms with E-state index >= 15 is 0 Å². The van der Waals surface area contributed by atoms with E-state index in [2.05, 4.69) is 23.7 Å². The molecule has 0 N–H and O–H groups in total. The Bertz CT molecular complexity index is 775. The maximum Gasteiger partial charge on any atom is 0.417 e. The van der Waals surface area contributed by atoms with Crippen molar-refractivity contribution in [1.29, 1.82) is 0 Å². The minimum Gasteiger partial charge on any atom is -0.354 e. The van der Waals surface area contributed by atoms with E-state index in [1.165, 1.54) is 10.4 Å². The van der Waals surface area contributed by atoms with Gasteiger partial charge in [0.15, 0.2) is 0 Å². The maximum atomic E-state index is 12.6. The van der Waals surface area contributed by atoms with Crippen molar-refractivity contribution in [1.82, 2.24) is 9.29 Å². The molecule has 5 nitrogen and oxygen atoms in total. The van der Waals surface area contributed by atoms with Gasteiger partial charge in [-0.3, -0.25) is 0 Å². The second kappa shape index (κ2) is 10.1. The molecule has 0 atom stereocenters. The van der Waals surface area contributed by atoms with Gasteiger partial charge in [-0.2, -0.15) is 17.5 Å². The van der Waals surface area contributed by atoms with Gasteiger partial charge < -0.3 is 4.90 Å². The van der Waals surface area contributed by atoms with E-state index in [9.17, 15) is 21.6 Å². The average Bonchev–Trinajstić information content (AvgIpc) is 2.67. The van der Waals surface area contributed by atoms with Crippen LogP contribution in [0.3, 0.4) is 0 Å². The highest BCUT2D eigenvalue weighted by molar-refractivity contribution is 7.89. The lowest BCUT2D eigenvalue weighted by Crippen LogP contribution is -2.49. The number of piperazine rings is 1. The molecule has 0 aromatic carbocycles. The highest BCUT2D eigenvalue weighted by atomic mass is 32.2. The fraction of sp³-hybridized carbons (Fsp3) is 0.632. The predicted molar refractivity (Wildman–Crippen MR) is 103 cm³/mol. The van der Waals surface area contributed by atoms with Crippen molar-refractivity contribution in [3.05, 3.63) is 23.9 Å². The standard InChI is InChI=1S/C19H26F3N3O2S/c1-2-3-4-5-6-7-8-15-28(26,27)25-13-11-24(12-14-25)18-10-9-17(16-23-18)19(20,21)22/h9-10,16H,2-5,8,11-15H2,1H3. The fourth-order valence-corrected chi connectivity index (χ4v) is 4.22. The number of alkyl halides is 3. The summed E-state index contributed by atoms with van der Waals surface area (Å²) in [6.07, 6.45) is 0.794. The first kappa shape index (κ1) is 22.5. The number of aromatic nitrogens is 1. The van der Waals surface area contributed by atoms with Crippen molar-refractivity contribution in [3.63, 3.8) is 0 Å². The van der Waals surface area contributed by atoms with Gasteiger partial charge in [-0.25, -0.2) is 13.4 Å². The quantitative estimate of drug-likeness (QED) is 0.503. The third-order valence-corrected chi connectivity index (χ3v) is 6.42. The molecule has 1 saturated heterocycles. The summed E-state index contributed by atoms with van der Waals surface area (Å²) in [5.74, 6) is 6.35. The molecule has 2 heterocycles. The molecular formula is C19H26F3N3O2S. The zero-order valence-electron chi connectivity index (χ0n) is 16.0. The molecule has 28 heavy (non-hydrogen) atoms. The highest BCUT2D eigenvalue weighted by Crippen LogP contribution is 2.29. The largest absolute Gasteiger partial charge is 0.417 e. The number of nitrogens with zero attached hydrogens (tertiary/aromatic N) is 3. The first-order valence-corrected chi connectivity index (χ1v) is 11.1. The van der Waals surface area contributed by atoms with E-state index in [1.54, 1.807) is 4.90 Å². The molecule has 0 bridgehead atoms. The molecular weight excluding hydrogens is 391 g/mol. The fourth-order valence-electron chi connectivity index (χ4n) is 2.89. The normalized spacial score (nSPS) is 15.9. The molecule has 9 heteroatoms. The van der Waals surface area contributed by atoms with Crippen LogP contribution in [0.2, 0.25) is 0 Å². The first-order valence-electron chi connectivity index (χ1n) is 9.46. The van der Waals surface area contributed by atoms with Gasteiger partial charge in [0.1, 0.15) is 5.82 Å². The van der Waals surface area contributed by atoms with Gasteiger partial charge in [0.2, 0.25) is 10.0 Å². The highest BCUT2D eigenvalue weighted by Gasteiger charge is 2.31. The Morgan fingerprint density at radius 2 is 1.75 bits per heavy atom. The van der Waals surface area contributed by atoms with Crippen molar-refractivity contribution in [2.45, 2.75) is 45.2 Å². The average molecular weight is 417 g/mol. The summed E-state index contributed by atoms with van der Waals surface area (Å²) in [5, 5.41) is 0. The molecule has 1 aromatic heterocycles. The van der Waals surface area contributed by atoms with E-state index < -0.39 is 21.8 Å². The van der Waals surface area contributed by atoms with Crippen molar-refractivity contribution < 1.29 is 21.6 Å². The molecule has 1 fully saturated rings. The van der Waals surface area contributed by atoms with Gasteiger partial charge in [0.05, 0.1) is 11.3 Å². The van der Waals surface area contributed by atoms with Gasteiger partial charge >= 0.3 is 6.18 Å². The number of sulfonamides is 1. The van der Waals surface area contributed by atoms with Crippen molar-refractivity contribution in [2.75, 3.05) is 36.8 Å². The molecule has 1 aliphatic rings. The lowest BCUT2D eigenvalue weighted by atomic mass is 10.2. The number of hydrogen-bond donors (Lipinski definition) is 0. The van der Waals surface area contributed by atoms with Crippen LogP contribution in [-0.2, 0) is 16.2 Å². The number of pyridine rings is 1. The third-order valence-electron chi connectivity index (χ3n) is 4.55. The summed E-state index contributed by atoms with van der Waals surface area (Å²) in [5.41, 5.74) is -0.798. The summed E-state index contributed by atoms with van der Waals surface area (Å²) in [4.78, 5) is 5.66. The number of halogens is 3. The molecule has 2 rings (SSSR count). The number of anilines is 1. The number of rotatable bonds is 7. The van der Waals surface area contributed by atoms with Crippen molar-refractivity contribution >= 4 is 15.8 Å². The Labute approximate surface area is 165 Å². The first-order chi connectivity index (χ1) is 13.2. The molecule has 0 radical (unpaired) electrons. The second-order valence-electron chi connectivity index (χ2n) is 6.67. The van der Waals surface area contributed by atoms with E-state index in [1.807, 2.05) is 0 Å². The molecule has 1 aliphatic heterocycles. The van der Waals surface area contributed by atoms with Crippen LogP contribution in [0.25, 0.3) is 0 Å². The number of unbranched alkanes of at least 4 members (excludes halogenated alkanes) is 3. The van der Waals surface area contributed by atoms with Crippen LogP contribution in [0.5, 0.6) is 0 Å². The summed E-state index contributed by atoms with van der Waals surface area (Å²) in [7, 11) is -3.38. The van der Waals surface area contributed by atoms with Gasteiger partial charge in [0, 0.05) is 45.2 Å². The Morgan fingerprint density at radius 1 is 1.07 bits per heavy atom. The molecule has 0 saturated carbocycles. The lowest BCUT2D eigenvalue weighted by Gasteiger charge is -2.34. The Balaban J connectivity index is 1.82. The van der Waals surface area contributed by atoms with Gasteiger partial charge in [-0.15, -0.1) is 11.8 Å².